The van der Waals surface area contributed by atoms with Gasteiger partial charge in [-0.2, -0.15) is 5.10 Å². The van der Waals surface area contributed by atoms with Crippen LogP contribution in [0.1, 0.15) is 11.1 Å². The molecule has 0 bridgehead atoms. The molecule has 0 saturated heterocycles. The van der Waals surface area contributed by atoms with E-state index in [-0.39, 0.29) is 42.6 Å². The SMILES string of the molecule is O=C(Cc1ccc(F)cc1)NCCn1ncc2c(=O)n(Cc3ccccc3F)cnc21. The zero-order valence-electron chi connectivity index (χ0n) is 16.5. The normalized spacial score (nSPS) is 11.0. The van der Waals surface area contributed by atoms with Crippen molar-refractivity contribution in [2.75, 3.05) is 6.54 Å². The Balaban J connectivity index is 1.40. The first kappa shape index (κ1) is 20.4. The van der Waals surface area contributed by atoms with Gasteiger partial charge in [-0.15, -0.1) is 0 Å². The smallest absolute Gasteiger partial charge is 0.264 e. The largest absolute Gasteiger partial charge is 0.354 e. The highest BCUT2D eigenvalue weighted by Gasteiger charge is 2.12. The molecule has 0 aliphatic heterocycles. The molecule has 1 N–H and O–H groups in total. The minimum absolute atomic E-state index is 0.0685. The molecule has 9 heteroatoms. The van der Waals surface area contributed by atoms with Crippen LogP contribution in [0.2, 0.25) is 0 Å². The first-order valence-corrected chi connectivity index (χ1v) is 9.67. The number of carbonyl (C=O) groups is 1. The molecule has 2 heterocycles. The molecule has 158 valence electrons. The summed E-state index contributed by atoms with van der Waals surface area (Å²) in [5.74, 6) is -0.944. The number of fused-ring (bicyclic) bond motifs is 1. The molecule has 0 atom stereocenters. The third kappa shape index (κ3) is 4.66. The maximum absolute atomic E-state index is 13.9. The van der Waals surface area contributed by atoms with Gasteiger partial charge in [-0.25, -0.2) is 18.4 Å². The Hall–Kier alpha value is -3.88. The zero-order chi connectivity index (χ0) is 21.8. The third-order valence-electron chi connectivity index (χ3n) is 4.84. The number of aromatic nitrogens is 4. The lowest BCUT2D eigenvalue weighted by Crippen LogP contribution is -2.29. The van der Waals surface area contributed by atoms with Crippen molar-refractivity contribution in [3.05, 3.63) is 94.2 Å². The van der Waals surface area contributed by atoms with Crippen molar-refractivity contribution in [1.82, 2.24) is 24.6 Å². The number of halogens is 2. The summed E-state index contributed by atoms with van der Waals surface area (Å²) in [4.78, 5) is 29.1. The number of nitrogens with zero attached hydrogens (tertiary/aromatic N) is 4. The average Bonchev–Trinajstić information content (AvgIpc) is 3.17. The van der Waals surface area contributed by atoms with Gasteiger partial charge in [-0.05, 0) is 23.8 Å². The molecule has 1 amide bonds. The first-order chi connectivity index (χ1) is 15.0. The van der Waals surface area contributed by atoms with E-state index in [0.29, 0.717) is 28.7 Å². The van der Waals surface area contributed by atoms with Crippen molar-refractivity contribution in [2.45, 2.75) is 19.5 Å². The number of nitrogens with one attached hydrogen (secondary N) is 1. The molecule has 4 rings (SSSR count). The van der Waals surface area contributed by atoms with E-state index in [2.05, 4.69) is 15.4 Å². The van der Waals surface area contributed by atoms with Crippen molar-refractivity contribution in [3.63, 3.8) is 0 Å². The summed E-state index contributed by atoms with van der Waals surface area (Å²) in [6.07, 6.45) is 2.92. The minimum Gasteiger partial charge on any atom is -0.354 e. The van der Waals surface area contributed by atoms with E-state index in [0.717, 1.165) is 0 Å². The highest BCUT2D eigenvalue weighted by atomic mass is 19.1. The lowest BCUT2D eigenvalue weighted by molar-refractivity contribution is -0.120. The summed E-state index contributed by atoms with van der Waals surface area (Å²) >= 11 is 0. The molecular weight excluding hydrogens is 404 g/mol. The van der Waals surface area contributed by atoms with Crippen LogP contribution in [0.25, 0.3) is 11.0 Å². The van der Waals surface area contributed by atoms with E-state index in [4.69, 9.17) is 0 Å². The third-order valence-corrected chi connectivity index (χ3v) is 4.84. The van der Waals surface area contributed by atoms with Gasteiger partial charge in [0.15, 0.2) is 5.65 Å². The predicted octanol–water partition coefficient (Wildman–Crippen LogP) is 2.28. The van der Waals surface area contributed by atoms with Crippen LogP contribution in [0.3, 0.4) is 0 Å². The summed E-state index contributed by atoms with van der Waals surface area (Å²) in [6, 6.07) is 12.0. The van der Waals surface area contributed by atoms with Crippen LogP contribution in [-0.2, 0) is 24.3 Å². The molecule has 2 aromatic carbocycles. The number of hydrogen-bond donors (Lipinski definition) is 1. The minimum atomic E-state index is -0.387. The van der Waals surface area contributed by atoms with Crippen LogP contribution in [0, 0.1) is 11.6 Å². The molecule has 0 spiro atoms. The Kier molecular flexibility index (Phi) is 5.83. The topological polar surface area (TPSA) is 81.8 Å². The van der Waals surface area contributed by atoms with E-state index >= 15 is 0 Å². The van der Waals surface area contributed by atoms with Crippen LogP contribution in [0.5, 0.6) is 0 Å². The number of amides is 1. The molecule has 7 nitrogen and oxygen atoms in total. The predicted molar refractivity (Wildman–Crippen MR) is 110 cm³/mol. The number of benzene rings is 2. The maximum Gasteiger partial charge on any atom is 0.264 e. The summed E-state index contributed by atoms with van der Waals surface area (Å²) in [6.45, 7) is 0.679. The highest BCUT2D eigenvalue weighted by Crippen LogP contribution is 2.10. The maximum atomic E-state index is 13.9. The van der Waals surface area contributed by atoms with Gasteiger partial charge >= 0.3 is 0 Å². The van der Waals surface area contributed by atoms with Crippen LogP contribution < -0.4 is 10.9 Å². The second-order valence-electron chi connectivity index (χ2n) is 7.03. The van der Waals surface area contributed by atoms with E-state index in [9.17, 15) is 18.4 Å². The fraction of sp³-hybridized carbons (Fsp3) is 0.182. The highest BCUT2D eigenvalue weighted by molar-refractivity contribution is 5.78. The van der Waals surface area contributed by atoms with E-state index < -0.39 is 0 Å². The molecule has 4 aromatic rings. The molecule has 2 aromatic heterocycles. The molecule has 0 aliphatic carbocycles. The van der Waals surface area contributed by atoms with Gasteiger partial charge in [-0.3, -0.25) is 14.2 Å². The van der Waals surface area contributed by atoms with Gasteiger partial charge < -0.3 is 5.32 Å². The summed E-state index contributed by atoms with van der Waals surface area (Å²) in [5.41, 5.74) is 1.17. The Morgan fingerprint density at radius 3 is 2.61 bits per heavy atom. The van der Waals surface area contributed by atoms with Crippen LogP contribution in [-0.4, -0.2) is 31.8 Å². The van der Waals surface area contributed by atoms with Crippen LogP contribution in [0.15, 0.2) is 65.8 Å². The quantitative estimate of drug-likeness (QED) is 0.495. The summed E-state index contributed by atoms with van der Waals surface area (Å²) < 4.78 is 29.7. The van der Waals surface area contributed by atoms with E-state index in [1.807, 2.05) is 0 Å². The lowest BCUT2D eigenvalue weighted by atomic mass is 10.1. The van der Waals surface area contributed by atoms with Crippen LogP contribution >= 0.6 is 0 Å². The van der Waals surface area contributed by atoms with Gasteiger partial charge in [0.25, 0.3) is 5.56 Å². The summed E-state index contributed by atoms with van der Waals surface area (Å²) in [5, 5.41) is 7.27. The van der Waals surface area contributed by atoms with Gasteiger partial charge in [0.1, 0.15) is 23.3 Å². The molecule has 0 fully saturated rings. The van der Waals surface area contributed by atoms with Gasteiger partial charge in [0.05, 0.1) is 25.7 Å². The van der Waals surface area contributed by atoms with Gasteiger partial charge in [0.2, 0.25) is 5.91 Å². The molecule has 0 saturated carbocycles. The molecule has 31 heavy (non-hydrogen) atoms. The number of carbonyl (C=O) groups excluding carboxylic acids is 1. The van der Waals surface area contributed by atoms with Gasteiger partial charge in [0, 0.05) is 12.1 Å². The second-order valence-corrected chi connectivity index (χ2v) is 7.03. The second kappa shape index (κ2) is 8.86. The van der Waals surface area contributed by atoms with Crippen molar-refractivity contribution >= 4 is 16.9 Å². The molecule has 0 unspecified atom stereocenters. The zero-order valence-corrected chi connectivity index (χ0v) is 16.5. The number of hydrogen-bond acceptors (Lipinski definition) is 4. The Morgan fingerprint density at radius 1 is 1.06 bits per heavy atom. The van der Waals surface area contributed by atoms with Crippen molar-refractivity contribution < 1.29 is 13.6 Å². The fourth-order valence-corrected chi connectivity index (χ4v) is 3.24. The Labute approximate surface area is 176 Å². The summed E-state index contributed by atoms with van der Waals surface area (Å²) in [7, 11) is 0. The standard InChI is InChI=1S/C22H19F2N5O2/c23-17-7-5-15(6-8-17)11-20(30)25-9-10-29-21-18(12-27-29)22(31)28(14-26-21)13-16-3-1-2-4-19(16)24/h1-8,12,14H,9-11,13H2,(H,25,30). The van der Waals surface area contributed by atoms with Gasteiger partial charge in [-0.1, -0.05) is 30.3 Å². The Bertz CT molecular complexity index is 1280. The molecule has 0 aliphatic rings. The Morgan fingerprint density at radius 2 is 1.84 bits per heavy atom. The van der Waals surface area contributed by atoms with Crippen molar-refractivity contribution in [1.29, 1.82) is 0 Å². The van der Waals surface area contributed by atoms with Crippen molar-refractivity contribution in [3.8, 4) is 0 Å². The fourth-order valence-electron chi connectivity index (χ4n) is 3.24. The van der Waals surface area contributed by atoms with Crippen LogP contribution in [0.4, 0.5) is 8.78 Å². The first-order valence-electron chi connectivity index (χ1n) is 9.67. The number of rotatable bonds is 7. The van der Waals surface area contributed by atoms with Crippen molar-refractivity contribution in [2.24, 2.45) is 0 Å². The monoisotopic (exact) mass is 423 g/mol. The molecular formula is C22H19F2N5O2. The molecule has 0 radical (unpaired) electrons. The van der Waals surface area contributed by atoms with E-state index in [1.54, 1.807) is 30.3 Å². The average molecular weight is 423 g/mol. The van der Waals surface area contributed by atoms with E-state index in [1.165, 1.54) is 40.0 Å². The lowest BCUT2D eigenvalue weighted by Gasteiger charge is -2.08.